The molecule has 0 aliphatic carbocycles. The molecule has 0 bridgehead atoms. The highest BCUT2D eigenvalue weighted by Crippen LogP contribution is 2.32. The van der Waals surface area contributed by atoms with Crippen molar-refractivity contribution in [1.29, 1.82) is 0 Å². The van der Waals surface area contributed by atoms with Crippen LogP contribution < -0.4 is 10.1 Å². The van der Waals surface area contributed by atoms with Gasteiger partial charge < -0.3 is 10.1 Å². The Morgan fingerprint density at radius 1 is 1.12 bits per heavy atom. The number of carbonyl (C=O) groups excluding carboxylic acids is 1. The number of fused-ring (bicyclic) bond motifs is 1. The number of aryl methyl sites for hydroxylation is 1. The highest BCUT2D eigenvalue weighted by atomic mass is 35.5. The van der Waals surface area contributed by atoms with Crippen LogP contribution >= 0.6 is 23.4 Å². The van der Waals surface area contributed by atoms with Crippen LogP contribution in [0.25, 0.3) is 22.3 Å². The minimum atomic E-state index is -0.323. The lowest BCUT2D eigenvalue weighted by atomic mass is 10.1. The van der Waals surface area contributed by atoms with Crippen molar-refractivity contribution in [3.05, 3.63) is 77.1 Å². The molecular weight excluding hydrogens is 461 g/mol. The zero-order valence-corrected chi connectivity index (χ0v) is 19.6. The van der Waals surface area contributed by atoms with Crippen LogP contribution in [0.1, 0.15) is 12.5 Å². The van der Waals surface area contributed by atoms with E-state index >= 15 is 0 Å². The molecule has 1 aromatic heterocycles. The zero-order chi connectivity index (χ0) is 23.4. The predicted molar refractivity (Wildman–Crippen MR) is 132 cm³/mol. The van der Waals surface area contributed by atoms with Gasteiger partial charge in [0.1, 0.15) is 16.6 Å². The second-order valence-corrected chi connectivity index (χ2v) is 8.61. The summed E-state index contributed by atoms with van der Waals surface area (Å²) in [4.78, 5) is 22.2. The number of amides is 1. The van der Waals surface area contributed by atoms with E-state index in [-0.39, 0.29) is 17.5 Å². The quantitative estimate of drug-likeness (QED) is 0.245. The molecule has 1 amide bonds. The molecule has 5 nitrogen and oxygen atoms in total. The number of hydrogen-bond acceptors (Lipinski definition) is 5. The van der Waals surface area contributed by atoms with Gasteiger partial charge in [0.15, 0.2) is 5.82 Å². The molecule has 0 fully saturated rings. The SMILES string of the molecule is CCc1cccc2c(SCC(=O)Nc3cc(Cl)ccc3OC)nc(-c3ccc(F)cc3)nc12. The van der Waals surface area contributed by atoms with E-state index in [1.54, 1.807) is 30.3 Å². The van der Waals surface area contributed by atoms with Gasteiger partial charge in [-0.2, -0.15) is 0 Å². The van der Waals surface area contributed by atoms with Crippen LogP contribution in [0.15, 0.2) is 65.7 Å². The van der Waals surface area contributed by atoms with E-state index in [0.717, 1.165) is 22.9 Å². The van der Waals surface area contributed by atoms with Crippen LogP contribution in [0.4, 0.5) is 10.1 Å². The first kappa shape index (κ1) is 23.0. The summed E-state index contributed by atoms with van der Waals surface area (Å²) in [6.45, 7) is 2.06. The number of nitrogens with one attached hydrogen (secondary N) is 1. The largest absolute Gasteiger partial charge is 0.495 e. The van der Waals surface area contributed by atoms with Gasteiger partial charge in [0.25, 0.3) is 0 Å². The fourth-order valence-electron chi connectivity index (χ4n) is 3.40. The molecule has 0 aliphatic rings. The van der Waals surface area contributed by atoms with E-state index in [9.17, 15) is 9.18 Å². The Kier molecular flexibility index (Phi) is 7.11. The maximum atomic E-state index is 13.4. The lowest BCUT2D eigenvalue weighted by Crippen LogP contribution is -2.15. The van der Waals surface area contributed by atoms with Crippen molar-refractivity contribution in [1.82, 2.24) is 9.97 Å². The highest BCUT2D eigenvalue weighted by molar-refractivity contribution is 8.00. The van der Waals surface area contributed by atoms with Crippen LogP contribution in [0.5, 0.6) is 5.75 Å². The van der Waals surface area contributed by atoms with Crippen molar-refractivity contribution >= 4 is 45.9 Å². The smallest absolute Gasteiger partial charge is 0.234 e. The normalized spacial score (nSPS) is 10.9. The fraction of sp³-hybridized carbons (Fsp3) is 0.160. The minimum Gasteiger partial charge on any atom is -0.495 e. The summed E-state index contributed by atoms with van der Waals surface area (Å²) in [6.07, 6.45) is 0.802. The summed E-state index contributed by atoms with van der Waals surface area (Å²) in [6, 6.07) is 17.0. The molecule has 0 saturated carbocycles. The number of carbonyl (C=O) groups is 1. The van der Waals surface area contributed by atoms with Gasteiger partial charge in [-0.05, 0) is 54.4 Å². The van der Waals surface area contributed by atoms with Crippen LogP contribution in [0.3, 0.4) is 0 Å². The molecular formula is C25H21ClFN3O2S. The molecule has 0 atom stereocenters. The number of aromatic nitrogens is 2. The number of methoxy groups -OCH3 is 1. The molecule has 0 aliphatic heterocycles. The van der Waals surface area contributed by atoms with Crippen LogP contribution in [0, 0.1) is 5.82 Å². The number of thioether (sulfide) groups is 1. The van der Waals surface area contributed by atoms with Crippen molar-refractivity contribution in [3.63, 3.8) is 0 Å². The van der Waals surface area contributed by atoms with Gasteiger partial charge in [0, 0.05) is 16.0 Å². The highest BCUT2D eigenvalue weighted by Gasteiger charge is 2.15. The van der Waals surface area contributed by atoms with Crippen molar-refractivity contribution in [3.8, 4) is 17.1 Å². The Hall–Kier alpha value is -3.16. The van der Waals surface area contributed by atoms with Gasteiger partial charge in [0.05, 0.1) is 24.1 Å². The van der Waals surface area contributed by atoms with Gasteiger partial charge in [-0.1, -0.05) is 48.5 Å². The third-order valence-corrected chi connectivity index (χ3v) is 6.26. The summed E-state index contributed by atoms with van der Waals surface area (Å²) in [5, 5.41) is 4.89. The van der Waals surface area contributed by atoms with Crippen molar-refractivity contribution in [2.24, 2.45) is 0 Å². The molecule has 33 heavy (non-hydrogen) atoms. The first-order chi connectivity index (χ1) is 16.0. The number of rotatable bonds is 7. The third kappa shape index (κ3) is 5.26. The Morgan fingerprint density at radius 3 is 2.64 bits per heavy atom. The summed E-state index contributed by atoms with van der Waals surface area (Å²) in [5.41, 5.74) is 3.12. The van der Waals surface area contributed by atoms with E-state index in [1.807, 2.05) is 18.2 Å². The van der Waals surface area contributed by atoms with Gasteiger partial charge in [-0.15, -0.1) is 0 Å². The van der Waals surface area contributed by atoms with Crippen LogP contribution in [-0.2, 0) is 11.2 Å². The van der Waals surface area contributed by atoms with Crippen LogP contribution in [-0.4, -0.2) is 28.7 Å². The van der Waals surface area contributed by atoms with Gasteiger partial charge in [-0.25, -0.2) is 14.4 Å². The average molecular weight is 482 g/mol. The molecule has 4 rings (SSSR count). The van der Waals surface area contributed by atoms with E-state index in [1.165, 1.54) is 31.0 Å². The number of hydrogen-bond donors (Lipinski definition) is 1. The number of nitrogens with zero attached hydrogens (tertiary/aromatic N) is 2. The summed E-state index contributed by atoms with van der Waals surface area (Å²) >= 11 is 7.37. The first-order valence-electron chi connectivity index (χ1n) is 10.3. The molecule has 1 heterocycles. The van der Waals surface area contributed by atoms with Crippen molar-refractivity contribution in [2.45, 2.75) is 18.4 Å². The second-order valence-electron chi connectivity index (χ2n) is 7.21. The van der Waals surface area contributed by atoms with E-state index in [2.05, 4.69) is 12.2 Å². The van der Waals surface area contributed by atoms with Crippen molar-refractivity contribution in [2.75, 3.05) is 18.2 Å². The third-order valence-electron chi connectivity index (χ3n) is 5.03. The number of para-hydroxylation sites is 1. The molecule has 0 spiro atoms. The van der Waals surface area contributed by atoms with E-state index < -0.39 is 0 Å². The maximum Gasteiger partial charge on any atom is 0.234 e. The monoisotopic (exact) mass is 481 g/mol. The molecule has 1 N–H and O–H groups in total. The number of ether oxygens (including phenoxy) is 1. The maximum absolute atomic E-state index is 13.4. The Labute approximate surface area is 200 Å². The number of anilines is 1. The summed E-state index contributed by atoms with van der Waals surface area (Å²) in [5.74, 6) is 0.596. The average Bonchev–Trinajstić information content (AvgIpc) is 2.82. The lowest BCUT2D eigenvalue weighted by molar-refractivity contribution is -0.113. The summed E-state index contributed by atoms with van der Waals surface area (Å²) in [7, 11) is 1.53. The molecule has 3 aromatic carbocycles. The minimum absolute atomic E-state index is 0.126. The first-order valence-corrected chi connectivity index (χ1v) is 11.7. The molecule has 168 valence electrons. The number of halogens is 2. The Morgan fingerprint density at radius 2 is 1.91 bits per heavy atom. The van der Waals surface area contributed by atoms with Gasteiger partial charge in [-0.3, -0.25) is 4.79 Å². The predicted octanol–water partition coefficient (Wildman–Crippen LogP) is 6.39. The number of benzene rings is 3. The molecule has 0 radical (unpaired) electrons. The van der Waals surface area contributed by atoms with Crippen LogP contribution in [0.2, 0.25) is 5.02 Å². The fourth-order valence-corrected chi connectivity index (χ4v) is 4.39. The second kappa shape index (κ2) is 10.2. The summed E-state index contributed by atoms with van der Waals surface area (Å²) < 4.78 is 18.7. The zero-order valence-electron chi connectivity index (χ0n) is 18.1. The van der Waals surface area contributed by atoms with Gasteiger partial charge >= 0.3 is 0 Å². The topological polar surface area (TPSA) is 64.1 Å². The standard InChI is InChI=1S/C25H21ClFN3O2S/c1-3-15-5-4-6-19-23(15)29-24(16-7-10-18(27)11-8-16)30-25(19)33-14-22(31)28-20-13-17(26)9-12-21(20)32-2/h4-13H,3,14H2,1-2H3,(H,28,31). The Balaban J connectivity index is 1.64. The van der Waals surface area contributed by atoms with Gasteiger partial charge in [0.2, 0.25) is 5.91 Å². The van der Waals surface area contributed by atoms with E-state index in [0.29, 0.717) is 32.9 Å². The molecule has 4 aromatic rings. The van der Waals surface area contributed by atoms with Crippen molar-refractivity contribution < 1.29 is 13.9 Å². The Bertz CT molecular complexity index is 1320. The molecule has 0 unspecified atom stereocenters. The molecule has 0 saturated heterocycles. The lowest BCUT2D eigenvalue weighted by Gasteiger charge is -2.12. The van der Waals surface area contributed by atoms with E-state index in [4.69, 9.17) is 26.3 Å². The molecule has 8 heteroatoms.